The lowest BCUT2D eigenvalue weighted by atomic mass is 9.93. The molecule has 1 aromatic heterocycles. The van der Waals surface area contributed by atoms with Crippen LogP contribution >= 0.6 is 0 Å². The minimum absolute atomic E-state index is 0.214. The van der Waals surface area contributed by atoms with E-state index in [2.05, 4.69) is 4.98 Å². The van der Waals surface area contributed by atoms with Crippen LogP contribution in [-0.4, -0.2) is 38.2 Å². The maximum Gasteiger partial charge on any atom is 0.225 e. The summed E-state index contributed by atoms with van der Waals surface area (Å²) in [4.78, 5) is 17.9. The van der Waals surface area contributed by atoms with Gasteiger partial charge >= 0.3 is 0 Å². The summed E-state index contributed by atoms with van der Waals surface area (Å²) in [7, 11) is 3.07. The second-order valence-corrected chi connectivity index (χ2v) is 6.07. The number of hydrogen-bond acceptors (Lipinski definition) is 6. The van der Waals surface area contributed by atoms with E-state index in [0.29, 0.717) is 47.5 Å². The number of ketones is 1. The molecule has 6 nitrogen and oxygen atoms in total. The molecule has 0 aliphatic carbocycles. The molecule has 0 aliphatic rings. The highest BCUT2D eigenvalue weighted by Gasteiger charge is 2.28. The molecule has 0 spiro atoms. The summed E-state index contributed by atoms with van der Waals surface area (Å²) < 4.78 is 22.3. The molecule has 6 heteroatoms. The molecule has 0 saturated carbocycles. The third-order valence-corrected chi connectivity index (χ3v) is 4.40. The van der Waals surface area contributed by atoms with E-state index < -0.39 is 0 Å². The quantitative estimate of drug-likeness (QED) is 0.650. The van der Waals surface area contributed by atoms with Crippen LogP contribution in [0.4, 0.5) is 0 Å². The molecule has 0 N–H and O–H groups in total. The SMILES string of the molecule is CCOc1ncc(C)c(C)c1C(=O)c1c(C)cc(OC)c(OC)c1OCC. The number of methoxy groups -OCH3 is 2. The Kier molecular flexibility index (Phi) is 6.66. The first-order chi connectivity index (χ1) is 12.9. The molecule has 1 aromatic carbocycles. The fourth-order valence-electron chi connectivity index (χ4n) is 2.96. The van der Waals surface area contributed by atoms with E-state index in [-0.39, 0.29) is 5.78 Å². The van der Waals surface area contributed by atoms with E-state index in [1.54, 1.807) is 19.4 Å². The molecule has 1 heterocycles. The highest BCUT2D eigenvalue weighted by atomic mass is 16.5. The fraction of sp³-hybridized carbons (Fsp3) is 0.429. The molecule has 0 saturated heterocycles. The van der Waals surface area contributed by atoms with Crippen molar-refractivity contribution < 1.29 is 23.7 Å². The van der Waals surface area contributed by atoms with Crippen LogP contribution in [0.15, 0.2) is 12.3 Å². The highest BCUT2D eigenvalue weighted by Crippen LogP contribution is 2.43. The summed E-state index contributed by atoms with van der Waals surface area (Å²) >= 11 is 0. The van der Waals surface area contributed by atoms with Crippen molar-refractivity contribution in [2.75, 3.05) is 27.4 Å². The van der Waals surface area contributed by atoms with Crippen molar-refractivity contribution >= 4 is 5.78 Å². The van der Waals surface area contributed by atoms with E-state index in [9.17, 15) is 4.79 Å². The molecule has 2 aromatic rings. The predicted molar refractivity (Wildman–Crippen MR) is 104 cm³/mol. The number of ether oxygens (including phenoxy) is 4. The monoisotopic (exact) mass is 373 g/mol. The van der Waals surface area contributed by atoms with Crippen LogP contribution in [0, 0.1) is 20.8 Å². The first-order valence-corrected chi connectivity index (χ1v) is 8.93. The van der Waals surface area contributed by atoms with Crippen molar-refractivity contribution in [2.24, 2.45) is 0 Å². The van der Waals surface area contributed by atoms with Gasteiger partial charge in [-0.25, -0.2) is 4.98 Å². The number of aromatic nitrogens is 1. The van der Waals surface area contributed by atoms with Crippen molar-refractivity contribution in [3.8, 4) is 23.1 Å². The minimum atomic E-state index is -0.214. The van der Waals surface area contributed by atoms with Crippen LogP contribution < -0.4 is 18.9 Å². The van der Waals surface area contributed by atoms with Crippen LogP contribution in [0.1, 0.15) is 46.5 Å². The fourth-order valence-corrected chi connectivity index (χ4v) is 2.96. The molecule has 0 aliphatic heterocycles. The molecular formula is C21H27NO5. The van der Waals surface area contributed by atoms with Gasteiger partial charge < -0.3 is 18.9 Å². The number of rotatable bonds is 8. The number of aryl methyl sites for hydroxylation is 2. The average Bonchev–Trinajstić information content (AvgIpc) is 2.64. The van der Waals surface area contributed by atoms with Crippen LogP contribution in [0.3, 0.4) is 0 Å². The molecular weight excluding hydrogens is 346 g/mol. The van der Waals surface area contributed by atoms with E-state index >= 15 is 0 Å². The van der Waals surface area contributed by atoms with E-state index in [0.717, 1.165) is 16.7 Å². The Morgan fingerprint density at radius 1 is 0.926 bits per heavy atom. The van der Waals surface area contributed by atoms with Crippen molar-refractivity contribution in [2.45, 2.75) is 34.6 Å². The maximum absolute atomic E-state index is 13.6. The maximum atomic E-state index is 13.6. The van der Waals surface area contributed by atoms with Gasteiger partial charge in [0.25, 0.3) is 0 Å². The topological polar surface area (TPSA) is 66.9 Å². The molecule has 146 valence electrons. The molecule has 2 rings (SSSR count). The van der Waals surface area contributed by atoms with Crippen LogP contribution in [0.25, 0.3) is 0 Å². The molecule has 0 fully saturated rings. The summed E-state index contributed by atoms with van der Waals surface area (Å²) in [6.07, 6.45) is 1.71. The van der Waals surface area contributed by atoms with Crippen molar-refractivity contribution in [1.29, 1.82) is 0 Å². The Hall–Kier alpha value is -2.76. The van der Waals surface area contributed by atoms with Crippen molar-refractivity contribution in [1.82, 2.24) is 4.98 Å². The number of carbonyl (C=O) groups is 1. The Bertz CT molecular complexity index is 845. The van der Waals surface area contributed by atoms with Gasteiger partial charge in [-0.05, 0) is 57.4 Å². The molecule has 0 radical (unpaired) electrons. The number of carbonyl (C=O) groups excluding carboxylic acids is 1. The second-order valence-electron chi connectivity index (χ2n) is 6.07. The number of nitrogens with zero attached hydrogens (tertiary/aromatic N) is 1. The minimum Gasteiger partial charge on any atom is -0.493 e. The van der Waals surface area contributed by atoms with E-state index in [1.165, 1.54) is 7.11 Å². The standard InChI is InChI=1S/C21H27NO5/c1-8-26-20-16(12(3)10-15(24-6)19(20)25-7)18(23)17-14(5)13(4)11-22-21(17)27-9-2/h10-11H,8-9H2,1-7H3. The van der Waals surface area contributed by atoms with Gasteiger partial charge in [0.1, 0.15) is 0 Å². The summed E-state index contributed by atoms with van der Waals surface area (Å²) in [5.41, 5.74) is 3.33. The number of pyridine rings is 1. The van der Waals surface area contributed by atoms with Gasteiger partial charge in [0.05, 0.1) is 38.6 Å². The van der Waals surface area contributed by atoms with Gasteiger partial charge in [-0.1, -0.05) is 0 Å². The van der Waals surface area contributed by atoms with Gasteiger partial charge in [-0.2, -0.15) is 0 Å². The normalized spacial score (nSPS) is 10.5. The first-order valence-electron chi connectivity index (χ1n) is 8.93. The molecule has 27 heavy (non-hydrogen) atoms. The van der Waals surface area contributed by atoms with Gasteiger partial charge in [0.2, 0.25) is 17.4 Å². The van der Waals surface area contributed by atoms with Gasteiger partial charge in [-0.3, -0.25) is 4.79 Å². The van der Waals surface area contributed by atoms with Crippen molar-refractivity contribution in [3.63, 3.8) is 0 Å². The lowest BCUT2D eigenvalue weighted by molar-refractivity contribution is 0.102. The third-order valence-electron chi connectivity index (χ3n) is 4.40. The first kappa shape index (κ1) is 20.6. The lowest BCUT2D eigenvalue weighted by Crippen LogP contribution is -2.14. The highest BCUT2D eigenvalue weighted by molar-refractivity contribution is 6.14. The Labute approximate surface area is 160 Å². The Morgan fingerprint density at radius 2 is 1.59 bits per heavy atom. The van der Waals surface area contributed by atoms with E-state index in [4.69, 9.17) is 18.9 Å². The average molecular weight is 373 g/mol. The van der Waals surface area contributed by atoms with Crippen LogP contribution in [0.5, 0.6) is 23.1 Å². The zero-order valence-electron chi connectivity index (χ0n) is 17.1. The Balaban J connectivity index is 2.79. The number of benzene rings is 1. The van der Waals surface area contributed by atoms with Gasteiger partial charge in [0, 0.05) is 6.20 Å². The second kappa shape index (κ2) is 8.75. The van der Waals surface area contributed by atoms with E-state index in [1.807, 2.05) is 34.6 Å². The number of hydrogen-bond donors (Lipinski definition) is 0. The zero-order valence-corrected chi connectivity index (χ0v) is 17.1. The Morgan fingerprint density at radius 3 is 2.15 bits per heavy atom. The summed E-state index contributed by atoms with van der Waals surface area (Å²) in [6.45, 7) is 10.2. The summed E-state index contributed by atoms with van der Waals surface area (Å²) in [6, 6.07) is 1.77. The third kappa shape index (κ3) is 3.84. The predicted octanol–water partition coefficient (Wildman–Crippen LogP) is 4.05. The summed E-state index contributed by atoms with van der Waals surface area (Å²) in [5, 5.41) is 0. The van der Waals surface area contributed by atoms with Crippen LogP contribution in [-0.2, 0) is 0 Å². The molecule has 0 atom stereocenters. The zero-order chi connectivity index (χ0) is 20.1. The summed E-state index contributed by atoms with van der Waals surface area (Å²) in [5.74, 6) is 1.38. The van der Waals surface area contributed by atoms with Gasteiger partial charge in [-0.15, -0.1) is 0 Å². The molecule has 0 unspecified atom stereocenters. The lowest BCUT2D eigenvalue weighted by Gasteiger charge is -2.20. The molecule has 0 amide bonds. The smallest absolute Gasteiger partial charge is 0.225 e. The van der Waals surface area contributed by atoms with Crippen LogP contribution in [0.2, 0.25) is 0 Å². The van der Waals surface area contributed by atoms with Crippen molar-refractivity contribution in [3.05, 3.63) is 40.1 Å². The van der Waals surface area contributed by atoms with Gasteiger partial charge in [0.15, 0.2) is 11.5 Å². The molecule has 0 bridgehead atoms. The largest absolute Gasteiger partial charge is 0.493 e.